The number of nitrogens with zero attached hydrogens (tertiary/aromatic N) is 2. The number of nitrogens with two attached hydrogens (primary N) is 1. The highest BCUT2D eigenvalue weighted by Gasteiger charge is 2.38. The first-order valence-electron chi connectivity index (χ1n) is 9.24. The van der Waals surface area contributed by atoms with E-state index in [0.29, 0.717) is 0 Å². The van der Waals surface area contributed by atoms with Gasteiger partial charge in [0.05, 0.1) is 18.0 Å². The lowest BCUT2D eigenvalue weighted by molar-refractivity contribution is -0.139. The minimum atomic E-state index is -4.54. The van der Waals surface area contributed by atoms with Gasteiger partial charge in [-0.05, 0) is 23.8 Å². The van der Waals surface area contributed by atoms with Crippen LogP contribution in [0.1, 0.15) is 17.5 Å². The fraction of sp³-hybridized carbons (Fsp3) is 0.286. The Balaban J connectivity index is 1.78. The lowest BCUT2D eigenvalue weighted by atomic mass is 10.1. The second-order valence-electron chi connectivity index (χ2n) is 7.10. The highest BCUT2D eigenvalue weighted by Crippen LogP contribution is 2.33. The van der Waals surface area contributed by atoms with Gasteiger partial charge in [-0.25, -0.2) is 0 Å². The molecule has 2 aromatic carbocycles. The molecule has 0 bridgehead atoms. The number of amides is 3. The Labute approximate surface area is 171 Å². The van der Waals surface area contributed by atoms with Gasteiger partial charge in [-0.15, -0.1) is 0 Å². The second kappa shape index (κ2) is 8.56. The molecule has 1 saturated heterocycles. The SMILES string of the molecule is NC(=O)CN(Cc1ccccc1)C(=O)C1CC(=O)N(c2cccc(C(F)(F)F)c2)C1. The molecule has 0 saturated carbocycles. The smallest absolute Gasteiger partial charge is 0.368 e. The van der Waals surface area contributed by atoms with Gasteiger partial charge in [0.25, 0.3) is 0 Å². The van der Waals surface area contributed by atoms with Crippen LogP contribution in [-0.4, -0.2) is 35.7 Å². The maximum atomic E-state index is 13.0. The Morgan fingerprint density at radius 1 is 1.10 bits per heavy atom. The number of primary amides is 1. The molecule has 9 heteroatoms. The van der Waals surface area contributed by atoms with Crippen LogP contribution < -0.4 is 10.6 Å². The van der Waals surface area contributed by atoms with Crippen LogP contribution in [0.15, 0.2) is 54.6 Å². The standard InChI is InChI=1S/C21H20F3N3O3/c22-21(23,24)16-7-4-8-17(10-16)27-12-15(9-19(27)29)20(30)26(13-18(25)28)11-14-5-2-1-3-6-14/h1-8,10,15H,9,11-13H2,(H2,25,28). The van der Waals surface area contributed by atoms with Gasteiger partial charge in [0.2, 0.25) is 17.7 Å². The molecule has 1 atom stereocenters. The van der Waals surface area contributed by atoms with Crippen molar-refractivity contribution in [2.75, 3.05) is 18.0 Å². The normalized spacial score (nSPS) is 16.6. The molecule has 0 radical (unpaired) electrons. The van der Waals surface area contributed by atoms with Crippen molar-refractivity contribution in [1.29, 1.82) is 0 Å². The Bertz CT molecular complexity index is 947. The van der Waals surface area contributed by atoms with Crippen LogP contribution in [0.2, 0.25) is 0 Å². The number of alkyl halides is 3. The zero-order valence-corrected chi connectivity index (χ0v) is 15.9. The lowest BCUT2D eigenvalue weighted by Crippen LogP contribution is -2.42. The van der Waals surface area contributed by atoms with Crippen molar-refractivity contribution >= 4 is 23.4 Å². The van der Waals surface area contributed by atoms with Crippen LogP contribution in [0.3, 0.4) is 0 Å². The zero-order chi connectivity index (χ0) is 21.9. The molecule has 1 heterocycles. The third-order valence-electron chi connectivity index (χ3n) is 4.83. The number of halogens is 3. The summed E-state index contributed by atoms with van der Waals surface area (Å²) in [6.45, 7) is -0.248. The van der Waals surface area contributed by atoms with Crippen molar-refractivity contribution in [3.63, 3.8) is 0 Å². The summed E-state index contributed by atoms with van der Waals surface area (Å²) < 4.78 is 38.9. The van der Waals surface area contributed by atoms with Crippen LogP contribution in [0, 0.1) is 5.92 Å². The summed E-state index contributed by atoms with van der Waals surface area (Å²) in [4.78, 5) is 39.3. The second-order valence-corrected chi connectivity index (χ2v) is 7.10. The maximum Gasteiger partial charge on any atom is 0.416 e. The Hall–Kier alpha value is -3.36. The molecule has 1 aliphatic rings. The fourth-order valence-electron chi connectivity index (χ4n) is 3.43. The maximum absolute atomic E-state index is 13.0. The Morgan fingerprint density at radius 3 is 2.43 bits per heavy atom. The minimum Gasteiger partial charge on any atom is -0.368 e. The molecule has 158 valence electrons. The number of carbonyl (C=O) groups is 3. The van der Waals surface area contributed by atoms with E-state index in [2.05, 4.69) is 0 Å². The number of hydrogen-bond donors (Lipinski definition) is 1. The lowest BCUT2D eigenvalue weighted by Gasteiger charge is -2.24. The first-order chi connectivity index (χ1) is 14.1. The van der Waals surface area contributed by atoms with Gasteiger partial charge in [-0.2, -0.15) is 13.2 Å². The van der Waals surface area contributed by atoms with Gasteiger partial charge in [0.1, 0.15) is 0 Å². The van der Waals surface area contributed by atoms with E-state index < -0.39 is 35.4 Å². The highest BCUT2D eigenvalue weighted by atomic mass is 19.4. The van der Waals surface area contributed by atoms with Gasteiger partial charge in [0, 0.05) is 25.2 Å². The number of rotatable bonds is 6. The number of carbonyl (C=O) groups excluding carboxylic acids is 3. The van der Waals surface area contributed by atoms with E-state index in [-0.39, 0.29) is 31.7 Å². The van der Waals surface area contributed by atoms with Gasteiger partial charge >= 0.3 is 6.18 Å². The fourth-order valence-corrected chi connectivity index (χ4v) is 3.43. The van der Waals surface area contributed by atoms with Crippen LogP contribution in [0.5, 0.6) is 0 Å². The summed E-state index contributed by atoms with van der Waals surface area (Å²) in [6, 6.07) is 13.4. The van der Waals surface area contributed by atoms with Gasteiger partial charge in [-0.1, -0.05) is 36.4 Å². The van der Waals surface area contributed by atoms with E-state index in [1.807, 2.05) is 6.07 Å². The molecule has 0 spiro atoms. The molecule has 30 heavy (non-hydrogen) atoms. The Morgan fingerprint density at radius 2 is 1.80 bits per heavy atom. The van der Waals surface area contributed by atoms with E-state index in [1.54, 1.807) is 24.3 Å². The van der Waals surface area contributed by atoms with E-state index in [0.717, 1.165) is 17.7 Å². The van der Waals surface area contributed by atoms with E-state index in [9.17, 15) is 27.6 Å². The number of anilines is 1. The number of benzene rings is 2. The third kappa shape index (κ3) is 4.97. The first kappa shape index (κ1) is 21.4. The molecule has 6 nitrogen and oxygen atoms in total. The zero-order valence-electron chi connectivity index (χ0n) is 15.9. The first-order valence-corrected chi connectivity index (χ1v) is 9.24. The van der Waals surface area contributed by atoms with Crippen molar-refractivity contribution in [3.8, 4) is 0 Å². The quantitative estimate of drug-likeness (QED) is 0.781. The molecule has 1 aliphatic heterocycles. The van der Waals surface area contributed by atoms with Gasteiger partial charge in [0.15, 0.2) is 0 Å². The summed E-state index contributed by atoms with van der Waals surface area (Å²) in [7, 11) is 0. The van der Waals surface area contributed by atoms with Gasteiger partial charge < -0.3 is 15.5 Å². The molecule has 2 aromatic rings. The van der Waals surface area contributed by atoms with Crippen molar-refractivity contribution in [2.24, 2.45) is 11.7 Å². The van der Waals surface area contributed by atoms with E-state index >= 15 is 0 Å². The topological polar surface area (TPSA) is 83.7 Å². The molecule has 1 fully saturated rings. The molecule has 0 aliphatic carbocycles. The highest BCUT2D eigenvalue weighted by molar-refractivity contribution is 6.00. The molecule has 1 unspecified atom stereocenters. The summed E-state index contributed by atoms with van der Waals surface area (Å²) in [5, 5.41) is 0. The predicted molar refractivity (Wildman–Crippen MR) is 103 cm³/mol. The van der Waals surface area contributed by atoms with E-state index in [4.69, 9.17) is 5.73 Å². The summed E-state index contributed by atoms with van der Waals surface area (Å²) in [6.07, 6.45) is -4.69. The summed E-state index contributed by atoms with van der Waals surface area (Å²) in [5.41, 5.74) is 5.26. The average Bonchev–Trinajstić information content (AvgIpc) is 3.08. The van der Waals surface area contributed by atoms with Crippen LogP contribution in [0.4, 0.5) is 18.9 Å². The summed E-state index contributed by atoms with van der Waals surface area (Å²) >= 11 is 0. The Kier molecular flexibility index (Phi) is 6.09. The van der Waals surface area contributed by atoms with Crippen LogP contribution in [0.25, 0.3) is 0 Å². The molecule has 2 N–H and O–H groups in total. The molecule has 3 amide bonds. The molecular weight excluding hydrogens is 399 g/mol. The third-order valence-corrected chi connectivity index (χ3v) is 4.83. The van der Waals surface area contributed by atoms with Gasteiger partial charge in [-0.3, -0.25) is 14.4 Å². The molecule has 3 rings (SSSR count). The van der Waals surface area contributed by atoms with Crippen molar-refractivity contribution < 1.29 is 27.6 Å². The average molecular weight is 419 g/mol. The predicted octanol–water partition coefficient (Wildman–Crippen LogP) is 2.57. The monoisotopic (exact) mass is 419 g/mol. The van der Waals surface area contributed by atoms with Crippen molar-refractivity contribution in [3.05, 3.63) is 65.7 Å². The molecule has 0 aromatic heterocycles. The largest absolute Gasteiger partial charge is 0.416 e. The van der Waals surface area contributed by atoms with Crippen LogP contribution in [-0.2, 0) is 27.1 Å². The summed E-state index contributed by atoms with van der Waals surface area (Å²) in [5.74, 6) is -2.37. The van der Waals surface area contributed by atoms with Crippen molar-refractivity contribution in [2.45, 2.75) is 19.1 Å². The molecular formula is C21H20F3N3O3. The van der Waals surface area contributed by atoms with E-state index in [1.165, 1.54) is 21.9 Å². The van der Waals surface area contributed by atoms with Crippen LogP contribution >= 0.6 is 0 Å². The minimum absolute atomic E-state index is 0.0664. The number of hydrogen-bond acceptors (Lipinski definition) is 3. The van der Waals surface area contributed by atoms with Crippen molar-refractivity contribution in [1.82, 2.24) is 4.90 Å².